The molecule has 1 atom stereocenters. The van der Waals surface area contributed by atoms with Crippen LogP contribution in [0.1, 0.15) is 30.9 Å². The van der Waals surface area contributed by atoms with E-state index in [1.807, 2.05) is 19.1 Å². The lowest BCUT2D eigenvalue weighted by Crippen LogP contribution is -1.91. The normalized spacial score (nSPS) is 20.6. The molecule has 2 rings (SSSR count). The maximum absolute atomic E-state index is 13.2. The molecule has 0 fully saturated rings. The third-order valence-electron chi connectivity index (χ3n) is 2.61. The fourth-order valence-corrected chi connectivity index (χ4v) is 1.68. The molecule has 1 aliphatic rings. The maximum atomic E-state index is 13.2. The molecule has 0 N–H and O–H groups in total. The van der Waals surface area contributed by atoms with Crippen LogP contribution in [0.5, 0.6) is 0 Å². The van der Waals surface area contributed by atoms with Crippen molar-refractivity contribution in [3.63, 3.8) is 0 Å². The predicted molar refractivity (Wildman–Crippen MR) is 48.5 cm³/mol. The van der Waals surface area contributed by atoms with E-state index >= 15 is 0 Å². The van der Waals surface area contributed by atoms with Crippen LogP contribution in [0, 0.1) is 5.82 Å². The second kappa shape index (κ2) is 2.44. The molecule has 0 heterocycles. The zero-order valence-electron chi connectivity index (χ0n) is 7.26. The average molecular weight is 162 g/mol. The molecule has 0 spiro atoms. The van der Waals surface area contributed by atoms with Crippen LogP contribution in [0.25, 0.3) is 6.08 Å². The zero-order chi connectivity index (χ0) is 8.72. The quantitative estimate of drug-likeness (QED) is 0.548. The number of benzene rings is 1. The van der Waals surface area contributed by atoms with Crippen LogP contribution < -0.4 is 0 Å². The minimum Gasteiger partial charge on any atom is -0.206 e. The molecule has 62 valence electrons. The molecule has 0 radical (unpaired) electrons. The summed E-state index contributed by atoms with van der Waals surface area (Å²) in [5.74, 6) is 0.284. The molecule has 0 amide bonds. The first kappa shape index (κ1) is 7.53. The van der Waals surface area contributed by atoms with Crippen molar-refractivity contribution in [3.8, 4) is 0 Å². The predicted octanol–water partition coefficient (Wildman–Crippen LogP) is 3.35. The van der Waals surface area contributed by atoms with Gasteiger partial charge >= 0.3 is 0 Å². The summed E-state index contributed by atoms with van der Waals surface area (Å²) in [6.07, 6.45) is 1.94. The van der Waals surface area contributed by atoms with Gasteiger partial charge in [0.25, 0.3) is 0 Å². The molecule has 1 aromatic carbocycles. The van der Waals surface area contributed by atoms with Crippen LogP contribution in [-0.2, 0) is 0 Å². The molecule has 0 nitrogen and oxygen atoms in total. The van der Waals surface area contributed by atoms with Gasteiger partial charge in [-0.3, -0.25) is 0 Å². The van der Waals surface area contributed by atoms with Crippen molar-refractivity contribution in [2.24, 2.45) is 0 Å². The molecule has 0 bridgehead atoms. The first-order valence-electron chi connectivity index (χ1n) is 4.17. The Morgan fingerprint density at radius 3 is 2.75 bits per heavy atom. The number of hydrogen-bond acceptors (Lipinski definition) is 0. The molecule has 1 aliphatic carbocycles. The van der Waals surface area contributed by atoms with Crippen molar-refractivity contribution in [2.75, 3.05) is 0 Å². The lowest BCUT2D eigenvalue weighted by atomic mass is 9.99. The Bertz CT molecular complexity index is 350. The van der Waals surface area contributed by atoms with Gasteiger partial charge in [-0.25, -0.2) is 4.39 Å². The van der Waals surface area contributed by atoms with Gasteiger partial charge in [0.2, 0.25) is 0 Å². The largest absolute Gasteiger partial charge is 0.206 e. The van der Waals surface area contributed by atoms with E-state index in [1.165, 1.54) is 11.6 Å². The fourth-order valence-electron chi connectivity index (χ4n) is 1.68. The van der Waals surface area contributed by atoms with Crippen LogP contribution in [0.15, 0.2) is 23.8 Å². The van der Waals surface area contributed by atoms with E-state index < -0.39 is 0 Å². The van der Waals surface area contributed by atoms with E-state index in [-0.39, 0.29) is 5.82 Å². The number of fused-ring (bicyclic) bond motifs is 1. The first-order chi connectivity index (χ1) is 5.70. The Morgan fingerprint density at radius 1 is 1.33 bits per heavy atom. The van der Waals surface area contributed by atoms with Crippen LogP contribution >= 0.6 is 0 Å². The van der Waals surface area contributed by atoms with Crippen LogP contribution in [-0.4, -0.2) is 0 Å². The number of hydrogen-bond donors (Lipinski definition) is 0. The van der Waals surface area contributed by atoms with E-state index in [0.29, 0.717) is 5.92 Å². The van der Waals surface area contributed by atoms with Crippen molar-refractivity contribution in [1.82, 2.24) is 0 Å². The van der Waals surface area contributed by atoms with Crippen LogP contribution in [0.4, 0.5) is 4.39 Å². The topological polar surface area (TPSA) is 0 Å². The van der Waals surface area contributed by atoms with E-state index in [9.17, 15) is 4.39 Å². The molecule has 0 aromatic heterocycles. The van der Waals surface area contributed by atoms with Crippen molar-refractivity contribution in [3.05, 3.63) is 40.7 Å². The lowest BCUT2D eigenvalue weighted by Gasteiger charge is -2.06. The van der Waals surface area contributed by atoms with E-state index in [0.717, 1.165) is 11.1 Å². The molecule has 1 unspecified atom stereocenters. The van der Waals surface area contributed by atoms with E-state index in [1.54, 1.807) is 6.07 Å². The second-order valence-electron chi connectivity index (χ2n) is 3.35. The molecule has 1 aromatic rings. The Kier molecular flexibility index (Phi) is 1.53. The van der Waals surface area contributed by atoms with E-state index in [4.69, 9.17) is 0 Å². The number of rotatable bonds is 0. The first-order valence-corrected chi connectivity index (χ1v) is 4.17. The Hall–Kier alpha value is -1.11. The summed E-state index contributed by atoms with van der Waals surface area (Å²) in [7, 11) is 0. The van der Waals surface area contributed by atoms with Gasteiger partial charge in [0.1, 0.15) is 5.82 Å². The highest BCUT2D eigenvalue weighted by molar-refractivity contribution is 5.66. The van der Waals surface area contributed by atoms with Gasteiger partial charge in [-0.05, 0) is 18.6 Å². The summed E-state index contributed by atoms with van der Waals surface area (Å²) in [6.45, 7) is 4.15. The average Bonchev–Trinajstić information content (AvgIpc) is 2.32. The standard InChI is InChI=1S/C11H11F/c1-7-6-10-9(8(7)2)4-3-5-11(10)12/h3-6,8H,1-2H3. The SMILES string of the molecule is CC1=Cc2c(F)cccc2C1C. The van der Waals surface area contributed by atoms with Gasteiger partial charge in [0.15, 0.2) is 0 Å². The van der Waals surface area contributed by atoms with Crippen molar-refractivity contribution >= 4 is 6.08 Å². The third-order valence-corrected chi connectivity index (χ3v) is 2.61. The monoisotopic (exact) mass is 162 g/mol. The summed E-state index contributed by atoms with van der Waals surface area (Å²) in [6, 6.07) is 5.29. The van der Waals surface area contributed by atoms with Crippen molar-refractivity contribution < 1.29 is 4.39 Å². The molecular formula is C11H11F. The molecule has 0 saturated carbocycles. The van der Waals surface area contributed by atoms with Gasteiger partial charge in [0, 0.05) is 11.5 Å². The Balaban J connectivity index is 2.64. The van der Waals surface area contributed by atoms with Gasteiger partial charge in [-0.15, -0.1) is 0 Å². The molecule has 12 heavy (non-hydrogen) atoms. The van der Waals surface area contributed by atoms with Crippen LogP contribution in [0.2, 0.25) is 0 Å². The van der Waals surface area contributed by atoms with Crippen molar-refractivity contribution in [2.45, 2.75) is 19.8 Å². The number of allylic oxidation sites excluding steroid dienone is 1. The minimum atomic E-state index is -0.101. The Labute approximate surface area is 71.7 Å². The van der Waals surface area contributed by atoms with Crippen molar-refractivity contribution in [1.29, 1.82) is 0 Å². The smallest absolute Gasteiger partial charge is 0.130 e. The van der Waals surface area contributed by atoms with Gasteiger partial charge in [0.05, 0.1) is 0 Å². The summed E-state index contributed by atoms with van der Waals surface area (Å²) in [5.41, 5.74) is 3.14. The molecule has 0 saturated heterocycles. The highest BCUT2D eigenvalue weighted by Gasteiger charge is 2.19. The molecule has 1 heteroatoms. The number of halogens is 1. The maximum Gasteiger partial charge on any atom is 0.130 e. The van der Waals surface area contributed by atoms with E-state index in [2.05, 4.69) is 6.92 Å². The zero-order valence-corrected chi connectivity index (χ0v) is 7.26. The highest BCUT2D eigenvalue weighted by atomic mass is 19.1. The minimum absolute atomic E-state index is 0.101. The summed E-state index contributed by atoms with van der Waals surface area (Å²) in [4.78, 5) is 0. The van der Waals surface area contributed by atoms with Gasteiger partial charge in [-0.2, -0.15) is 0 Å². The second-order valence-corrected chi connectivity index (χ2v) is 3.35. The lowest BCUT2D eigenvalue weighted by molar-refractivity contribution is 0.623. The van der Waals surface area contributed by atoms with Crippen LogP contribution in [0.3, 0.4) is 0 Å². The Morgan fingerprint density at radius 2 is 2.08 bits per heavy atom. The summed E-state index contributed by atoms with van der Waals surface area (Å²) >= 11 is 0. The van der Waals surface area contributed by atoms with Gasteiger partial charge in [-0.1, -0.05) is 30.7 Å². The summed E-state index contributed by atoms with van der Waals surface area (Å²) in [5, 5.41) is 0. The summed E-state index contributed by atoms with van der Waals surface area (Å²) < 4.78 is 13.2. The highest BCUT2D eigenvalue weighted by Crippen LogP contribution is 2.36. The third kappa shape index (κ3) is 0.893. The fraction of sp³-hybridized carbons (Fsp3) is 0.273. The van der Waals surface area contributed by atoms with Gasteiger partial charge < -0.3 is 0 Å². The molecular weight excluding hydrogens is 151 g/mol. The molecule has 0 aliphatic heterocycles.